The lowest BCUT2D eigenvalue weighted by atomic mass is 10.2. The molecule has 0 aliphatic carbocycles. The molecule has 0 aliphatic rings. The quantitative estimate of drug-likeness (QED) is 0.571. The van der Waals surface area contributed by atoms with E-state index < -0.39 is 0 Å². The third-order valence-corrected chi connectivity index (χ3v) is 5.86. The first-order valence-corrected chi connectivity index (χ1v) is 9.23. The Balaban J connectivity index is 1.56. The van der Waals surface area contributed by atoms with Gasteiger partial charge in [0.25, 0.3) is 5.56 Å². The minimum atomic E-state index is -0.372. The third kappa shape index (κ3) is 2.76. The van der Waals surface area contributed by atoms with Gasteiger partial charge < -0.3 is 4.98 Å². The summed E-state index contributed by atoms with van der Waals surface area (Å²) in [6.45, 7) is 0.347. The van der Waals surface area contributed by atoms with Crippen molar-refractivity contribution in [1.29, 1.82) is 0 Å². The zero-order chi connectivity index (χ0) is 16.5. The Kier molecular flexibility index (Phi) is 3.95. The van der Waals surface area contributed by atoms with E-state index in [9.17, 15) is 9.59 Å². The van der Waals surface area contributed by atoms with Crippen molar-refractivity contribution in [3.8, 4) is 0 Å². The number of benzene rings is 2. The van der Waals surface area contributed by atoms with Gasteiger partial charge in [-0.05, 0) is 24.3 Å². The lowest BCUT2D eigenvalue weighted by Crippen LogP contribution is -2.35. The smallest absolute Gasteiger partial charge is 0.307 e. The molecule has 4 aromatic rings. The highest BCUT2D eigenvalue weighted by atomic mass is 32.2. The summed E-state index contributed by atoms with van der Waals surface area (Å²) in [5.74, 6) is 0.612. The molecule has 2 aromatic heterocycles. The van der Waals surface area contributed by atoms with Crippen LogP contribution in [0.2, 0.25) is 0 Å². The fourth-order valence-electron chi connectivity index (χ4n) is 2.54. The van der Waals surface area contributed by atoms with E-state index in [1.165, 1.54) is 4.57 Å². The standard InChI is InChI=1S/C17H13N3O2S2/c21-15-11-5-1-2-6-12(11)18-16(22)20(15)9-10-23-17-19-13-7-3-4-8-14(13)24-17/h1-8H,9-10H2,(H,18,22). The van der Waals surface area contributed by atoms with Crippen molar-refractivity contribution in [2.45, 2.75) is 10.9 Å². The highest BCUT2D eigenvalue weighted by molar-refractivity contribution is 8.01. The fraction of sp³-hybridized carbons (Fsp3) is 0.118. The molecular formula is C17H13N3O2S2. The van der Waals surface area contributed by atoms with Gasteiger partial charge in [-0.1, -0.05) is 36.0 Å². The van der Waals surface area contributed by atoms with Crippen LogP contribution in [-0.2, 0) is 6.54 Å². The predicted octanol–water partition coefficient (Wildman–Crippen LogP) is 3.09. The predicted molar refractivity (Wildman–Crippen MR) is 99.2 cm³/mol. The van der Waals surface area contributed by atoms with Crippen molar-refractivity contribution in [3.05, 3.63) is 69.4 Å². The van der Waals surface area contributed by atoms with Crippen molar-refractivity contribution >= 4 is 44.2 Å². The van der Waals surface area contributed by atoms with Crippen LogP contribution in [0.1, 0.15) is 0 Å². The van der Waals surface area contributed by atoms with Crippen molar-refractivity contribution < 1.29 is 0 Å². The van der Waals surface area contributed by atoms with Crippen molar-refractivity contribution in [2.24, 2.45) is 0 Å². The van der Waals surface area contributed by atoms with Crippen molar-refractivity contribution in [1.82, 2.24) is 14.5 Å². The molecule has 0 radical (unpaired) electrons. The largest absolute Gasteiger partial charge is 0.328 e. The van der Waals surface area contributed by atoms with Gasteiger partial charge in [0.2, 0.25) is 0 Å². The Hall–Kier alpha value is -2.38. The SMILES string of the molecule is O=c1[nH]c2ccccc2c(=O)n1CCSc1nc2ccccc2s1. The highest BCUT2D eigenvalue weighted by Gasteiger charge is 2.08. The molecule has 0 spiro atoms. The van der Waals surface area contributed by atoms with E-state index in [0.29, 0.717) is 23.2 Å². The van der Waals surface area contributed by atoms with E-state index in [1.807, 2.05) is 24.3 Å². The van der Waals surface area contributed by atoms with Crippen LogP contribution in [0.25, 0.3) is 21.1 Å². The Bertz CT molecular complexity index is 1110. The van der Waals surface area contributed by atoms with Crippen LogP contribution >= 0.6 is 23.1 Å². The molecule has 2 aromatic carbocycles. The Labute approximate surface area is 145 Å². The zero-order valence-electron chi connectivity index (χ0n) is 12.6. The molecule has 0 aliphatic heterocycles. The summed E-state index contributed by atoms with van der Waals surface area (Å²) in [5.41, 5.74) is 0.927. The van der Waals surface area contributed by atoms with E-state index in [2.05, 4.69) is 9.97 Å². The highest BCUT2D eigenvalue weighted by Crippen LogP contribution is 2.29. The summed E-state index contributed by atoms with van der Waals surface area (Å²) in [6.07, 6.45) is 0. The first-order chi connectivity index (χ1) is 11.7. The first-order valence-electron chi connectivity index (χ1n) is 7.42. The molecule has 2 heterocycles. The van der Waals surface area contributed by atoms with E-state index in [0.717, 1.165) is 14.6 Å². The average molecular weight is 355 g/mol. The molecule has 5 nitrogen and oxygen atoms in total. The summed E-state index contributed by atoms with van der Waals surface area (Å²) < 4.78 is 3.34. The maximum Gasteiger partial charge on any atom is 0.328 e. The fourth-order valence-corrected chi connectivity index (χ4v) is 4.60. The number of thiazole rings is 1. The Morgan fingerprint density at radius 1 is 1.08 bits per heavy atom. The normalized spacial score (nSPS) is 11.3. The molecule has 1 N–H and O–H groups in total. The Morgan fingerprint density at radius 3 is 2.75 bits per heavy atom. The van der Waals surface area contributed by atoms with Crippen LogP contribution in [0.5, 0.6) is 0 Å². The van der Waals surface area contributed by atoms with Gasteiger partial charge in [-0.25, -0.2) is 9.78 Å². The van der Waals surface area contributed by atoms with Crippen molar-refractivity contribution in [3.63, 3.8) is 0 Å². The van der Waals surface area contributed by atoms with Gasteiger partial charge >= 0.3 is 5.69 Å². The van der Waals surface area contributed by atoms with E-state index in [-0.39, 0.29) is 11.2 Å². The van der Waals surface area contributed by atoms with Gasteiger partial charge in [-0.2, -0.15) is 0 Å². The lowest BCUT2D eigenvalue weighted by molar-refractivity contribution is 0.691. The molecule has 120 valence electrons. The van der Waals surface area contributed by atoms with E-state index >= 15 is 0 Å². The second kappa shape index (κ2) is 6.26. The van der Waals surface area contributed by atoms with Crippen LogP contribution in [0.15, 0.2) is 62.5 Å². The third-order valence-electron chi connectivity index (χ3n) is 3.70. The van der Waals surface area contributed by atoms with Gasteiger partial charge in [-0.3, -0.25) is 9.36 Å². The minimum Gasteiger partial charge on any atom is -0.307 e. The number of hydrogen-bond donors (Lipinski definition) is 1. The van der Waals surface area contributed by atoms with Gasteiger partial charge in [0, 0.05) is 12.3 Å². The summed E-state index contributed by atoms with van der Waals surface area (Å²) in [5, 5.41) is 0.530. The molecule has 0 atom stereocenters. The molecule has 0 unspecified atom stereocenters. The van der Waals surface area contributed by atoms with Gasteiger partial charge in [0.05, 0.1) is 21.1 Å². The van der Waals surface area contributed by atoms with Crippen molar-refractivity contribution in [2.75, 3.05) is 5.75 Å². The molecule has 0 amide bonds. The second-order valence-corrected chi connectivity index (χ2v) is 7.60. The summed E-state index contributed by atoms with van der Waals surface area (Å²) in [6, 6.07) is 15.0. The van der Waals surface area contributed by atoms with Gasteiger partial charge in [0.1, 0.15) is 0 Å². The first kappa shape index (κ1) is 15.2. The molecule has 0 bridgehead atoms. The number of H-pyrrole nitrogens is 1. The maximum atomic E-state index is 12.5. The molecule has 4 rings (SSSR count). The number of aromatic nitrogens is 3. The van der Waals surface area contributed by atoms with Crippen LogP contribution in [0.4, 0.5) is 0 Å². The number of hydrogen-bond acceptors (Lipinski definition) is 5. The van der Waals surface area contributed by atoms with Crippen LogP contribution in [0, 0.1) is 0 Å². The summed E-state index contributed by atoms with van der Waals surface area (Å²) in [7, 11) is 0. The molecule has 0 saturated heterocycles. The number of thioether (sulfide) groups is 1. The average Bonchev–Trinajstić information content (AvgIpc) is 3.00. The van der Waals surface area contributed by atoms with Crippen LogP contribution in [-0.4, -0.2) is 20.3 Å². The molecule has 0 fully saturated rings. The summed E-state index contributed by atoms with van der Waals surface area (Å²) in [4.78, 5) is 31.9. The summed E-state index contributed by atoms with van der Waals surface area (Å²) >= 11 is 3.18. The molecule has 7 heteroatoms. The van der Waals surface area contributed by atoms with Gasteiger partial charge in [0.15, 0.2) is 4.34 Å². The molecule has 0 saturated carbocycles. The molecular weight excluding hydrogens is 342 g/mol. The number of para-hydroxylation sites is 2. The topological polar surface area (TPSA) is 67.8 Å². The number of rotatable bonds is 4. The second-order valence-electron chi connectivity index (χ2n) is 5.23. The molecule has 24 heavy (non-hydrogen) atoms. The number of aromatic amines is 1. The number of fused-ring (bicyclic) bond motifs is 2. The van der Waals surface area contributed by atoms with Crippen LogP contribution < -0.4 is 11.2 Å². The monoisotopic (exact) mass is 355 g/mol. The lowest BCUT2D eigenvalue weighted by Gasteiger charge is -2.05. The number of nitrogens with one attached hydrogen (secondary N) is 1. The maximum absolute atomic E-state index is 12.5. The van der Waals surface area contributed by atoms with Gasteiger partial charge in [-0.15, -0.1) is 11.3 Å². The zero-order valence-corrected chi connectivity index (χ0v) is 14.2. The van der Waals surface area contributed by atoms with E-state index in [1.54, 1.807) is 47.4 Å². The Morgan fingerprint density at radius 2 is 1.88 bits per heavy atom. The van der Waals surface area contributed by atoms with Crippen LogP contribution in [0.3, 0.4) is 0 Å². The number of nitrogens with zero attached hydrogens (tertiary/aromatic N) is 2. The van der Waals surface area contributed by atoms with E-state index in [4.69, 9.17) is 0 Å². The minimum absolute atomic E-state index is 0.251.